The second kappa shape index (κ2) is 9.82. The van der Waals surface area contributed by atoms with Gasteiger partial charge in [0.25, 0.3) is 0 Å². The number of halogens is 1. The van der Waals surface area contributed by atoms with E-state index < -0.39 is 5.66 Å². The van der Waals surface area contributed by atoms with Crippen LogP contribution in [-0.2, 0) is 13.0 Å². The standard InChI is InChI=1S/C25H24FN9/c26-21-3-1-2-18(10-21)8-9-25(27)23(20-11-28-15-29-12-20)13-31-24(34-25)33-22-6-4-19(5-7-22)14-35-17-30-16-32-35/h1-7,10-13,15-17H,8-9,14,27H2,(H2,31,33,34). The number of benzene rings is 2. The number of nitrogens with zero attached hydrogens (tertiary/aromatic N) is 6. The number of hydrogen-bond acceptors (Lipinski definition) is 8. The fourth-order valence-electron chi connectivity index (χ4n) is 3.94. The highest BCUT2D eigenvalue weighted by molar-refractivity contribution is 5.98. The maximum absolute atomic E-state index is 13.7. The summed E-state index contributed by atoms with van der Waals surface area (Å²) in [6.07, 6.45) is 10.9. The van der Waals surface area contributed by atoms with Crippen LogP contribution in [0.25, 0.3) is 5.57 Å². The summed E-state index contributed by atoms with van der Waals surface area (Å²) in [5, 5.41) is 10.6. The van der Waals surface area contributed by atoms with Gasteiger partial charge in [-0.05, 0) is 48.2 Å². The summed E-state index contributed by atoms with van der Waals surface area (Å²) in [7, 11) is 0. The van der Waals surface area contributed by atoms with Crippen molar-refractivity contribution in [2.24, 2.45) is 10.7 Å². The van der Waals surface area contributed by atoms with E-state index in [0.29, 0.717) is 25.3 Å². The predicted octanol–water partition coefficient (Wildman–Crippen LogP) is 2.96. The van der Waals surface area contributed by atoms with Crippen LogP contribution in [0.5, 0.6) is 0 Å². The van der Waals surface area contributed by atoms with Crippen LogP contribution >= 0.6 is 0 Å². The Balaban J connectivity index is 1.35. The molecule has 1 aliphatic rings. The maximum Gasteiger partial charge on any atom is 0.202 e. The fourth-order valence-corrected chi connectivity index (χ4v) is 3.94. The average Bonchev–Trinajstić information content (AvgIpc) is 3.38. The fraction of sp³-hybridized carbons (Fsp3) is 0.160. The summed E-state index contributed by atoms with van der Waals surface area (Å²) in [4.78, 5) is 17.0. The minimum Gasteiger partial charge on any atom is -0.332 e. The third-order valence-electron chi connectivity index (χ3n) is 5.71. The van der Waals surface area contributed by atoms with Gasteiger partial charge in [-0.1, -0.05) is 24.3 Å². The number of aromatic nitrogens is 5. The molecule has 176 valence electrons. The molecular weight excluding hydrogens is 445 g/mol. The van der Waals surface area contributed by atoms with E-state index in [1.54, 1.807) is 29.5 Å². The molecule has 9 nitrogen and oxygen atoms in total. The minimum absolute atomic E-state index is 0.274. The van der Waals surface area contributed by atoms with E-state index in [9.17, 15) is 4.39 Å². The van der Waals surface area contributed by atoms with Crippen LogP contribution < -0.4 is 16.4 Å². The molecule has 1 aliphatic heterocycles. The Morgan fingerprint density at radius 2 is 1.83 bits per heavy atom. The van der Waals surface area contributed by atoms with Crippen molar-refractivity contribution in [3.05, 3.63) is 109 Å². The van der Waals surface area contributed by atoms with Crippen LogP contribution in [-0.4, -0.2) is 36.4 Å². The van der Waals surface area contributed by atoms with Gasteiger partial charge in [-0.2, -0.15) is 5.10 Å². The molecule has 5 rings (SSSR count). The molecule has 1 atom stereocenters. The zero-order valence-corrected chi connectivity index (χ0v) is 18.8. The Labute approximate surface area is 201 Å². The molecule has 10 heteroatoms. The van der Waals surface area contributed by atoms with Gasteiger partial charge in [0.05, 0.1) is 6.54 Å². The van der Waals surface area contributed by atoms with E-state index in [4.69, 9.17) is 10.7 Å². The highest BCUT2D eigenvalue weighted by atomic mass is 19.1. The Bertz CT molecular complexity index is 1340. The number of nitrogens with one attached hydrogen (secondary N) is 2. The molecule has 4 N–H and O–H groups in total. The summed E-state index contributed by atoms with van der Waals surface area (Å²) in [5.74, 6) is 0.237. The molecular formula is C25H24FN9. The second-order valence-corrected chi connectivity index (χ2v) is 8.26. The summed E-state index contributed by atoms with van der Waals surface area (Å²) < 4.78 is 15.5. The first-order valence-electron chi connectivity index (χ1n) is 11.1. The topological polar surface area (TPSA) is 119 Å². The molecule has 0 aliphatic carbocycles. The number of hydrogen-bond donors (Lipinski definition) is 3. The monoisotopic (exact) mass is 469 g/mol. The van der Waals surface area contributed by atoms with Crippen LogP contribution in [0.2, 0.25) is 0 Å². The molecule has 4 aromatic rings. The number of rotatable bonds is 7. The largest absolute Gasteiger partial charge is 0.332 e. The van der Waals surface area contributed by atoms with Crippen molar-refractivity contribution >= 4 is 17.2 Å². The quantitative estimate of drug-likeness (QED) is 0.381. The first-order chi connectivity index (χ1) is 17.1. The summed E-state index contributed by atoms with van der Waals surface area (Å²) >= 11 is 0. The summed E-state index contributed by atoms with van der Waals surface area (Å²) in [6.45, 7) is 0.636. The van der Waals surface area contributed by atoms with Crippen molar-refractivity contribution in [1.29, 1.82) is 0 Å². The lowest BCUT2D eigenvalue weighted by Crippen LogP contribution is -2.47. The highest BCUT2D eigenvalue weighted by Crippen LogP contribution is 2.32. The van der Waals surface area contributed by atoms with Crippen molar-refractivity contribution in [1.82, 2.24) is 30.0 Å². The minimum atomic E-state index is -1.07. The van der Waals surface area contributed by atoms with Crippen molar-refractivity contribution in [2.45, 2.75) is 25.0 Å². The molecule has 0 spiro atoms. The summed E-state index contributed by atoms with van der Waals surface area (Å²) in [6, 6.07) is 14.5. The van der Waals surface area contributed by atoms with Gasteiger partial charge in [0.2, 0.25) is 5.96 Å². The van der Waals surface area contributed by atoms with Gasteiger partial charge < -0.3 is 16.4 Å². The number of nitrogens with two attached hydrogens (primary N) is 1. The molecule has 1 unspecified atom stereocenters. The van der Waals surface area contributed by atoms with E-state index in [1.165, 1.54) is 24.8 Å². The van der Waals surface area contributed by atoms with E-state index in [-0.39, 0.29) is 5.82 Å². The maximum atomic E-state index is 13.7. The molecule has 2 aromatic carbocycles. The molecule has 0 bridgehead atoms. The second-order valence-electron chi connectivity index (χ2n) is 8.26. The molecule has 0 saturated heterocycles. The van der Waals surface area contributed by atoms with Crippen LogP contribution in [0.3, 0.4) is 0 Å². The zero-order chi connectivity index (χ0) is 24.1. The first kappa shape index (κ1) is 22.4. The number of guanidine groups is 1. The Morgan fingerprint density at radius 1 is 1.00 bits per heavy atom. The van der Waals surface area contributed by atoms with Crippen LogP contribution in [0.1, 0.15) is 23.1 Å². The normalized spacial score (nSPS) is 17.3. The van der Waals surface area contributed by atoms with Gasteiger partial charge >= 0.3 is 0 Å². The SMILES string of the molecule is NC1(CCc2cccc(F)c2)N=C(Nc2ccc(Cn3cncn3)cc2)NC=C1c1cncnc1. The van der Waals surface area contributed by atoms with Gasteiger partial charge in [0.15, 0.2) is 0 Å². The predicted molar refractivity (Wildman–Crippen MR) is 131 cm³/mol. The molecule has 0 amide bonds. The molecule has 3 heterocycles. The van der Waals surface area contributed by atoms with Crippen molar-refractivity contribution in [3.8, 4) is 0 Å². The van der Waals surface area contributed by atoms with Crippen molar-refractivity contribution in [3.63, 3.8) is 0 Å². The lowest BCUT2D eigenvalue weighted by atomic mass is 9.89. The van der Waals surface area contributed by atoms with E-state index in [2.05, 4.69) is 30.7 Å². The van der Waals surface area contributed by atoms with Crippen molar-refractivity contribution < 1.29 is 4.39 Å². The lowest BCUT2D eigenvalue weighted by molar-refractivity contribution is 0.517. The highest BCUT2D eigenvalue weighted by Gasteiger charge is 2.34. The van der Waals surface area contributed by atoms with E-state index >= 15 is 0 Å². The number of anilines is 1. The van der Waals surface area contributed by atoms with E-state index in [0.717, 1.165) is 28.0 Å². The smallest absolute Gasteiger partial charge is 0.202 e. The molecule has 0 fully saturated rings. The van der Waals surface area contributed by atoms with Gasteiger partial charge in [0.1, 0.15) is 30.5 Å². The Morgan fingerprint density at radius 3 is 2.57 bits per heavy atom. The van der Waals surface area contributed by atoms with Crippen LogP contribution in [0, 0.1) is 5.82 Å². The molecule has 0 saturated carbocycles. The number of aryl methyl sites for hydroxylation is 1. The van der Waals surface area contributed by atoms with Gasteiger partial charge in [0, 0.05) is 35.4 Å². The molecule has 35 heavy (non-hydrogen) atoms. The van der Waals surface area contributed by atoms with Crippen molar-refractivity contribution in [2.75, 3.05) is 5.32 Å². The van der Waals surface area contributed by atoms with Gasteiger partial charge in [-0.15, -0.1) is 0 Å². The molecule has 2 aromatic heterocycles. The lowest BCUT2D eigenvalue weighted by Gasteiger charge is -2.33. The zero-order valence-electron chi connectivity index (χ0n) is 18.8. The Hall–Kier alpha value is -4.44. The molecule has 0 radical (unpaired) electrons. The van der Waals surface area contributed by atoms with Gasteiger partial charge in [-0.25, -0.2) is 29.0 Å². The van der Waals surface area contributed by atoms with Gasteiger partial charge in [-0.3, -0.25) is 0 Å². The summed E-state index contributed by atoms with van der Waals surface area (Å²) in [5.41, 5.74) is 10.1. The van der Waals surface area contributed by atoms with Crippen LogP contribution in [0.4, 0.5) is 10.1 Å². The number of aliphatic imine (C=N–C) groups is 1. The third kappa shape index (κ3) is 5.39. The van der Waals surface area contributed by atoms with Crippen LogP contribution in [0.15, 0.2) is 91.1 Å². The first-order valence-corrected chi connectivity index (χ1v) is 11.1. The Kier molecular flexibility index (Phi) is 6.27. The average molecular weight is 470 g/mol. The third-order valence-corrected chi connectivity index (χ3v) is 5.71. The van der Waals surface area contributed by atoms with E-state index in [1.807, 2.05) is 36.5 Å².